The molecule has 0 radical (unpaired) electrons. The number of carbonyl (C=O) groups is 1. The second-order valence-corrected chi connectivity index (χ2v) is 11.8. The number of azide groups is 1. The summed E-state index contributed by atoms with van der Waals surface area (Å²) in [5.41, 5.74) is 7.46. The van der Waals surface area contributed by atoms with Gasteiger partial charge in [0.1, 0.15) is 6.23 Å². The van der Waals surface area contributed by atoms with Gasteiger partial charge in [0, 0.05) is 23.1 Å². The average molecular weight is 596 g/mol. The second-order valence-electron chi connectivity index (χ2n) is 7.01. The van der Waals surface area contributed by atoms with Crippen molar-refractivity contribution >= 4 is 29.2 Å². The number of aryl methyl sites for hydroxylation is 1. The van der Waals surface area contributed by atoms with Gasteiger partial charge in [0.05, 0.1) is 25.9 Å². The van der Waals surface area contributed by atoms with Crippen LogP contribution in [0.4, 0.5) is 0 Å². The Labute approximate surface area is 205 Å². The van der Waals surface area contributed by atoms with Crippen LogP contribution in [-0.4, -0.2) is 66.8 Å². The highest BCUT2D eigenvalue weighted by atomic mass is 31.3. The Morgan fingerprint density at radius 1 is 1.30 bits per heavy atom. The third kappa shape index (κ3) is 8.94. The number of nitrogens with one attached hydrogen (secondary N) is 1. The van der Waals surface area contributed by atoms with E-state index in [0.29, 0.717) is 0 Å². The molecule has 8 N–H and O–H groups in total. The molecule has 2 rings (SSSR count). The number of carbonyl (C=O) groups excluding carboxylic acids is 1. The van der Waals surface area contributed by atoms with E-state index in [0.717, 1.165) is 11.7 Å². The number of H-pyrrole nitrogens is 1. The van der Waals surface area contributed by atoms with E-state index in [9.17, 15) is 37.9 Å². The van der Waals surface area contributed by atoms with Gasteiger partial charge >= 0.3 is 34.9 Å². The first-order chi connectivity index (χ1) is 16.5. The zero-order valence-corrected chi connectivity index (χ0v) is 21.6. The Morgan fingerprint density at radius 2 is 1.92 bits per heavy atom. The van der Waals surface area contributed by atoms with Gasteiger partial charge in [0.2, 0.25) is 0 Å². The van der Waals surface area contributed by atoms with Crippen molar-refractivity contribution < 1.29 is 60.9 Å². The van der Waals surface area contributed by atoms with Gasteiger partial charge in [-0.15, -0.1) is 0 Å². The van der Waals surface area contributed by atoms with Gasteiger partial charge in [-0.1, -0.05) is 5.11 Å². The van der Waals surface area contributed by atoms with Crippen molar-refractivity contribution in [3.8, 4) is 0 Å². The molecule has 21 nitrogen and oxygen atoms in total. The van der Waals surface area contributed by atoms with Crippen LogP contribution in [0.25, 0.3) is 10.4 Å². The van der Waals surface area contributed by atoms with Gasteiger partial charge < -0.3 is 39.9 Å². The highest BCUT2D eigenvalue weighted by Crippen LogP contribution is 2.67. The molecular weight excluding hydrogens is 573 g/mol. The lowest BCUT2D eigenvalue weighted by Gasteiger charge is -2.24. The lowest BCUT2D eigenvalue weighted by Crippen LogP contribution is -2.34. The molecule has 1 saturated heterocycles. The van der Waals surface area contributed by atoms with Crippen LogP contribution in [0.2, 0.25) is 0 Å². The molecular formula is C13H23N6O15P3. The molecule has 1 aromatic rings. The number of hydrogen-bond acceptors (Lipinski definition) is 13. The van der Waals surface area contributed by atoms with Gasteiger partial charge in [-0.3, -0.25) is 18.9 Å². The first-order valence-corrected chi connectivity index (χ1v) is 14.0. The molecule has 0 aliphatic carbocycles. The number of nitrogens with zero attached hydrogens (tertiary/aromatic N) is 4. The van der Waals surface area contributed by atoms with Gasteiger partial charge in [-0.2, -0.15) is 4.31 Å². The van der Waals surface area contributed by atoms with Gasteiger partial charge in [-0.05, 0) is 12.5 Å². The average Bonchev–Trinajstić information content (AvgIpc) is 3.10. The van der Waals surface area contributed by atoms with E-state index in [-0.39, 0.29) is 18.1 Å². The van der Waals surface area contributed by atoms with Gasteiger partial charge in [-0.25, -0.2) is 23.0 Å². The van der Waals surface area contributed by atoms with E-state index in [1.807, 2.05) is 4.98 Å². The Kier molecular flexibility index (Phi) is 11.1. The van der Waals surface area contributed by atoms with Crippen LogP contribution in [0.1, 0.15) is 18.2 Å². The minimum Gasteiger partial charge on any atom is -0.467 e. The molecule has 24 heteroatoms. The summed E-state index contributed by atoms with van der Waals surface area (Å²) in [7, 11) is -16.5. The molecule has 0 amide bonds. The Hall–Kier alpha value is -2.21. The molecule has 0 bridgehead atoms. The van der Waals surface area contributed by atoms with Crippen molar-refractivity contribution in [1.29, 1.82) is 0 Å². The fraction of sp³-hybridized carbons (Fsp3) is 0.615. The quantitative estimate of drug-likeness (QED) is 0.0638. The summed E-state index contributed by atoms with van der Waals surface area (Å²) < 4.78 is 58.1. The van der Waals surface area contributed by atoms with Crippen molar-refractivity contribution in [2.24, 2.45) is 5.11 Å². The van der Waals surface area contributed by atoms with Crippen molar-refractivity contribution in [1.82, 2.24) is 15.7 Å². The Morgan fingerprint density at radius 3 is 2.46 bits per heavy atom. The van der Waals surface area contributed by atoms with E-state index in [4.69, 9.17) is 24.8 Å². The summed E-state index contributed by atoms with van der Waals surface area (Å²) >= 11 is 0. The highest BCUT2D eigenvalue weighted by molar-refractivity contribution is 7.68. The third-order valence-corrected chi connectivity index (χ3v) is 8.80. The Bertz CT molecular complexity index is 1300. The van der Waals surface area contributed by atoms with Crippen LogP contribution < -0.4 is 17.4 Å². The van der Waals surface area contributed by atoms with E-state index in [1.165, 1.54) is 13.1 Å². The summed E-state index contributed by atoms with van der Waals surface area (Å²) in [6.45, 7) is 0.588. The van der Waals surface area contributed by atoms with Gasteiger partial charge in [0.25, 0.3) is 11.4 Å². The monoisotopic (exact) mass is 596 g/mol. The summed E-state index contributed by atoms with van der Waals surface area (Å²) in [6, 6.07) is -1.07. The van der Waals surface area contributed by atoms with Crippen LogP contribution in [-0.2, 0) is 41.3 Å². The number of hydrogen-bond donors (Lipinski definition) is 6. The molecule has 1 aromatic heterocycles. The second kappa shape index (κ2) is 12.6. The lowest BCUT2D eigenvalue weighted by atomic mass is 10.1. The smallest absolute Gasteiger partial charge is 0.467 e. The zero-order chi connectivity index (χ0) is 27.5. The number of aromatic amines is 1. The van der Waals surface area contributed by atoms with Crippen LogP contribution in [0, 0.1) is 6.92 Å². The number of phosphoric acid groups is 2. The highest BCUT2D eigenvalue weighted by Gasteiger charge is 2.49. The number of esters is 1. The number of methoxy groups -OCH3 is 1. The van der Waals surface area contributed by atoms with E-state index < -0.39 is 71.3 Å². The number of rotatable bonds is 11. The third-order valence-electron chi connectivity index (χ3n) is 4.41. The molecule has 2 heterocycles. The van der Waals surface area contributed by atoms with Crippen molar-refractivity contribution in [2.75, 3.05) is 13.7 Å². The molecule has 37 heavy (non-hydrogen) atoms. The number of ether oxygens (including phenoxy) is 3. The first kappa shape index (κ1) is 32.8. The summed E-state index contributed by atoms with van der Waals surface area (Å²) in [5, 5.41) is 3.47. The van der Waals surface area contributed by atoms with Crippen molar-refractivity contribution in [3.63, 3.8) is 0 Å². The van der Waals surface area contributed by atoms with Crippen LogP contribution >= 0.6 is 23.2 Å². The predicted molar refractivity (Wildman–Crippen MR) is 118 cm³/mol. The molecule has 0 aromatic carbocycles. The zero-order valence-electron chi connectivity index (χ0n) is 18.9. The van der Waals surface area contributed by atoms with E-state index >= 15 is 0 Å². The number of aromatic nitrogens is 2. The Balaban J connectivity index is 0.00000684. The molecule has 0 saturated carbocycles. The van der Waals surface area contributed by atoms with Crippen LogP contribution in [0.5, 0.6) is 0 Å². The molecule has 1 aliphatic rings. The summed E-state index contributed by atoms with van der Waals surface area (Å²) in [5.74, 6) is -4.27. The summed E-state index contributed by atoms with van der Waals surface area (Å²) in [4.78, 5) is 77.0. The molecule has 1 aliphatic heterocycles. The minimum absolute atomic E-state index is 0. The van der Waals surface area contributed by atoms with Crippen LogP contribution in [0.15, 0.2) is 20.9 Å². The molecule has 210 valence electrons. The van der Waals surface area contributed by atoms with Gasteiger partial charge in [0.15, 0.2) is 0 Å². The fourth-order valence-corrected chi connectivity index (χ4v) is 6.58. The lowest BCUT2D eigenvalue weighted by molar-refractivity contribution is -0.151. The molecule has 0 spiro atoms. The minimum atomic E-state index is -5.90. The van der Waals surface area contributed by atoms with E-state index in [1.54, 1.807) is 0 Å². The standard InChI is InChI=1S/C13H20N5O15P3.H3N/c1-6-4-18(13(21)15-10(6)19)9-3-7(16-17-14)8(31-9)5-30-12(11(20)29-2)34(22,23)32-36(27,28)33-35(24,25)26;/h4,7-9,12H,3,5H2,1-2H3,(H,22,23)(H,27,28)(H,15,19,21)(H2,24,25,26);1H3/t7-,8+,9+,12?;/m0./s1. The molecule has 1 fully saturated rings. The normalized spacial score (nSPS) is 23.6. The molecule has 3 unspecified atom stereocenters. The van der Waals surface area contributed by atoms with E-state index in [2.05, 4.69) is 23.4 Å². The maximum absolute atomic E-state index is 12.5. The topological polar surface area (TPSA) is 334 Å². The largest absolute Gasteiger partial charge is 0.488 e. The molecule has 6 atom stereocenters. The fourth-order valence-electron chi connectivity index (χ4n) is 2.95. The van der Waals surface area contributed by atoms with Crippen molar-refractivity contribution in [3.05, 3.63) is 43.0 Å². The first-order valence-electron chi connectivity index (χ1n) is 9.34. The van der Waals surface area contributed by atoms with Crippen LogP contribution in [0.3, 0.4) is 0 Å². The maximum Gasteiger partial charge on any atom is 0.488 e. The predicted octanol–water partition coefficient (Wildman–Crippen LogP) is -0.0992. The summed E-state index contributed by atoms with van der Waals surface area (Å²) in [6.07, 6.45) is -1.35. The maximum atomic E-state index is 12.5. The van der Waals surface area contributed by atoms with Crippen molar-refractivity contribution in [2.45, 2.75) is 37.6 Å². The SMILES string of the molecule is COC(=O)C(OC[C@H]1O[C@@H](n2cc(C)c(=O)[nH]c2=O)C[C@@H]1N=[N+]=[N-])P(=O)(O)OP(=O)(O)OP(=O)(O)O.N.